The minimum absolute atomic E-state index is 0.0362. The van der Waals surface area contributed by atoms with Gasteiger partial charge in [0.15, 0.2) is 0 Å². The van der Waals surface area contributed by atoms with Crippen molar-refractivity contribution in [2.75, 3.05) is 13.2 Å². The van der Waals surface area contributed by atoms with Crippen LogP contribution in [0.5, 0.6) is 0 Å². The van der Waals surface area contributed by atoms with Crippen molar-refractivity contribution in [1.29, 1.82) is 0 Å². The number of ether oxygens (including phenoxy) is 1. The first-order chi connectivity index (χ1) is 8.42. The van der Waals surface area contributed by atoms with E-state index in [1.165, 1.54) is 0 Å². The fourth-order valence-corrected chi connectivity index (χ4v) is 1.32. The van der Waals surface area contributed by atoms with Crippen LogP contribution in [0.3, 0.4) is 0 Å². The van der Waals surface area contributed by atoms with E-state index in [0.717, 1.165) is 6.42 Å². The molecule has 1 heterocycles. The van der Waals surface area contributed by atoms with E-state index in [2.05, 4.69) is 15.0 Å². The summed E-state index contributed by atoms with van der Waals surface area (Å²) in [6.45, 7) is 1.22. The molecule has 0 aliphatic heterocycles. The average Bonchev–Trinajstić information content (AvgIpc) is 2.75. The third kappa shape index (κ3) is 5.46. The molecule has 5 nitrogen and oxygen atoms in total. The van der Waals surface area contributed by atoms with Crippen molar-refractivity contribution in [1.82, 2.24) is 15.0 Å². The number of nitrogens with zero attached hydrogens (tertiary/aromatic N) is 3. The Morgan fingerprint density at radius 1 is 1.50 bits per heavy atom. The van der Waals surface area contributed by atoms with Crippen molar-refractivity contribution in [2.45, 2.75) is 38.5 Å². The predicted octanol–water partition coefficient (Wildman–Crippen LogP) is 1.66. The Kier molecular flexibility index (Phi) is 5.54. The van der Waals surface area contributed by atoms with Gasteiger partial charge in [-0.25, -0.2) is 0 Å². The van der Waals surface area contributed by atoms with Crippen molar-refractivity contribution < 1.29 is 17.9 Å². The van der Waals surface area contributed by atoms with Crippen molar-refractivity contribution in [3.63, 3.8) is 0 Å². The molecule has 18 heavy (non-hydrogen) atoms. The second kappa shape index (κ2) is 6.69. The van der Waals surface area contributed by atoms with Gasteiger partial charge in [-0.05, 0) is 12.8 Å². The van der Waals surface area contributed by atoms with Crippen molar-refractivity contribution in [2.24, 2.45) is 5.73 Å². The molecule has 0 spiro atoms. The van der Waals surface area contributed by atoms with Gasteiger partial charge in [0.2, 0.25) is 0 Å². The third-order valence-corrected chi connectivity index (χ3v) is 2.32. The summed E-state index contributed by atoms with van der Waals surface area (Å²) in [5, 5.41) is 7.73. The molecule has 0 bridgehead atoms. The molecule has 2 N–H and O–H groups in total. The van der Waals surface area contributed by atoms with Gasteiger partial charge in [-0.15, -0.1) is 5.10 Å². The number of nitrogens with two attached hydrogens (primary N) is 1. The van der Waals surface area contributed by atoms with E-state index in [1.54, 1.807) is 10.9 Å². The van der Waals surface area contributed by atoms with Gasteiger partial charge in [-0.2, -0.15) is 13.2 Å². The minimum Gasteiger partial charge on any atom is -0.372 e. The van der Waals surface area contributed by atoms with E-state index in [1.807, 2.05) is 6.92 Å². The van der Waals surface area contributed by atoms with Crippen LogP contribution in [0.1, 0.15) is 31.5 Å². The molecule has 0 saturated carbocycles. The van der Waals surface area contributed by atoms with Crippen LogP contribution in [-0.4, -0.2) is 34.4 Å². The van der Waals surface area contributed by atoms with Crippen LogP contribution in [0.4, 0.5) is 13.2 Å². The number of alkyl halides is 3. The summed E-state index contributed by atoms with van der Waals surface area (Å²) < 4.78 is 41.4. The molecule has 0 aliphatic rings. The van der Waals surface area contributed by atoms with Crippen molar-refractivity contribution in [3.8, 4) is 0 Å². The van der Waals surface area contributed by atoms with Crippen LogP contribution in [0.25, 0.3) is 0 Å². The Balaban J connectivity index is 2.22. The van der Waals surface area contributed by atoms with E-state index in [-0.39, 0.29) is 12.6 Å². The monoisotopic (exact) mass is 266 g/mol. The normalized spacial score (nSPS) is 13.8. The number of hydrogen-bond acceptors (Lipinski definition) is 4. The molecule has 0 aliphatic carbocycles. The van der Waals surface area contributed by atoms with E-state index in [0.29, 0.717) is 18.7 Å². The second-order valence-electron chi connectivity index (χ2n) is 3.94. The van der Waals surface area contributed by atoms with Gasteiger partial charge in [-0.1, -0.05) is 12.1 Å². The number of aryl methyl sites for hydroxylation is 1. The highest BCUT2D eigenvalue weighted by atomic mass is 19.4. The molecule has 0 radical (unpaired) electrons. The maximum absolute atomic E-state index is 11.8. The molecular weight excluding hydrogens is 249 g/mol. The molecule has 0 amide bonds. The molecule has 1 aromatic rings. The zero-order valence-electron chi connectivity index (χ0n) is 10.2. The Morgan fingerprint density at radius 2 is 2.22 bits per heavy atom. The quantitative estimate of drug-likeness (QED) is 0.762. The molecule has 1 unspecified atom stereocenters. The van der Waals surface area contributed by atoms with E-state index >= 15 is 0 Å². The molecule has 1 atom stereocenters. The van der Waals surface area contributed by atoms with Gasteiger partial charge in [0.1, 0.15) is 6.61 Å². The molecule has 0 aromatic carbocycles. The Bertz CT molecular complexity index is 353. The lowest BCUT2D eigenvalue weighted by molar-refractivity contribution is -0.174. The summed E-state index contributed by atoms with van der Waals surface area (Å²) in [6.07, 6.45) is -1.36. The summed E-state index contributed by atoms with van der Waals surface area (Å²) in [7, 11) is 0. The maximum atomic E-state index is 11.8. The van der Waals surface area contributed by atoms with Crippen LogP contribution in [0.2, 0.25) is 0 Å². The standard InChI is InChI=1S/C10H17F3N4O/c1-2-8(14)9-6-17(16-15-9)4-3-5-18-7-10(11,12)13/h6,8H,2-5,7,14H2,1H3. The lowest BCUT2D eigenvalue weighted by Gasteiger charge is -2.07. The Morgan fingerprint density at radius 3 is 2.83 bits per heavy atom. The third-order valence-electron chi connectivity index (χ3n) is 2.32. The highest BCUT2D eigenvalue weighted by molar-refractivity contribution is 4.98. The van der Waals surface area contributed by atoms with Gasteiger partial charge in [0.25, 0.3) is 0 Å². The fraction of sp³-hybridized carbons (Fsp3) is 0.800. The zero-order chi connectivity index (χ0) is 13.6. The highest BCUT2D eigenvalue weighted by Gasteiger charge is 2.27. The number of halogens is 3. The van der Waals surface area contributed by atoms with E-state index in [9.17, 15) is 13.2 Å². The van der Waals surface area contributed by atoms with Crippen molar-refractivity contribution in [3.05, 3.63) is 11.9 Å². The van der Waals surface area contributed by atoms with Crippen LogP contribution >= 0.6 is 0 Å². The smallest absolute Gasteiger partial charge is 0.372 e. The number of rotatable bonds is 7. The zero-order valence-corrected chi connectivity index (χ0v) is 10.2. The van der Waals surface area contributed by atoms with Gasteiger partial charge in [-0.3, -0.25) is 4.68 Å². The Labute approximate surface area is 103 Å². The maximum Gasteiger partial charge on any atom is 0.411 e. The first-order valence-corrected chi connectivity index (χ1v) is 5.72. The van der Waals surface area contributed by atoms with Crippen LogP contribution in [0.15, 0.2) is 6.20 Å². The molecule has 1 aromatic heterocycles. The lowest BCUT2D eigenvalue weighted by atomic mass is 10.2. The van der Waals surface area contributed by atoms with Crippen LogP contribution in [0, 0.1) is 0 Å². The Hall–Kier alpha value is -1.15. The second-order valence-corrected chi connectivity index (χ2v) is 3.94. The van der Waals surface area contributed by atoms with E-state index in [4.69, 9.17) is 5.73 Å². The molecule has 8 heteroatoms. The summed E-state index contributed by atoms with van der Waals surface area (Å²) in [5.74, 6) is 0. The molecule has 0 fully saturated rings. The first-order valence-electron chi connectivity index (χ1n) is 5.72. The predicted molar refractivity (Wildman–Crippen MR) is 58.7 cm³/mol. The summed E-state index contributed by atoms with van der Waals surface area (Å²) in [4.78, 5) is 0. The largest absolute Gasteiger partial charge is 0.411 e. The van der Waals surface area contributed by atoms with Gasteiger partial charge in [0, 0.05) is 13.2 Å². The van der Waals surface area contributed by atoms with E-state index < -0.39 is 12.8 Å². The summed E-state index contributed by atoms with van der Waals surface area (Å²) in [6, 6.07) is -0.153. The van der Waals surface area contributed by atoms with Gasteiger partial charge >= 0.3 is 6.18 Å². The van der Waals surface area contributed by atoms with Gasteiger partial charge < -0.3 is 10.5 Å². The van der Waals surface area contributed by atoms with Crippen LogP contribution < -0.4 is 5.73 Å². The highest BCUT2D eigenvalue weighted by Crippen LogP contribution is 2.14. The number of hydrogen-bond donors (Lipinski definition) is 1. The molecule has 1 rings (SSSR count). The first kappa shape index (κ1) is 14.9. The van der Waals surface area contributed by atoms with Gasteiger partial charge in [0.05, 0.1) is 17.9 Å². The molecular formula is C10H17F3N4O. The average molecular weight is 266 g/mol. The SMILES string of the molecule is CCC(N)c1cn(CCCOCC(F)(F)F)nn1. The number of aromatic nitrogens is 3. The molecule has 104 valence electrons. The molecule has 0 saturated heterocycles. The topological polar surface area (TPSA) is 66.0 Å². The minimum atomic E-state index is -4.27. The summed E-state index contributed by atoms with van der Waals surface area (Å²) >= 11 is 0. The lowest BCUT2D eigenvalue weighted by Crippen LogP contribution is -2.17. The fourth-order valence-electron chi connectivity index (χ4n) is 1.32. The van der Waals surface area contributed by atoms with Crippen molar-refractivity contribution >= 4 is 0 Å². The summed E-state index contributed by atoms with van der Waals surface area (Å²) in [5.41, 5.74) is 6.45. The van der Waals surface area contributed by atoms with Crippen LogP contribution in [-0.2, 0) is 11.3 Å².